The van der Waals surface area contributed by atoms with Gasteiger partial charge in [-0.3, -0.25) is 9.59 Å². The lowest BCUT2D eigenvalue weighted by Crippen LogP contribution is -2.40. The maximum atomic E-state index is 12.9. The molecule has 0 radical (unpaired) electrons. The Kier molecular flexibility index (Phi) is 53.9. The van der Waals surface area contributed by atoms with Gasteiger partial charge in [0.2, 0.25) is 0 Å². The molecule has 0 saturated heterocycles. The van der Waals surface area contributed by atoms with Crippen LogP contribution in [-0.2, 0) is 33.3 Å². The molecule has 1 N–H and O–H groups in total. The zero-order chi connectivity index (χ0) is 54.1. The summed E-state index contributed by atoms with van der Waals surface area (Å²) in [4.78, 5) is 37.5. The van der Waals surface area contributed by atoms with Crippen molar-refractivity contribution in [1.29, 1.82) is 0 Å². The van der Waals surface area contributed by atoms with Crippen molar-refractivity contribution in [1.82, 2.24) is 0 Å². The standard InChI is InChI=1S/C65H117NO8/c1-6-8-10-12-14-16-18-20-22-24-26-28-29-30-31-32-33-34-36-37-39-41-43-45-47-49-51-53-55-62(67)72-59-61(60-73-65(64(69)70)71-58-57-66(3,4)5)74-63(68)56-54-52-50-48-46-44-42-40-38-35-27-25-23-21-19-17-15-13-11-9-7-2/h9,11,15,17,21,23,27,35,40,42,61,65H,6-8,10,12-14,16,18-20,22,24-26,28-34,36-39,41,43-60H2,1-5H3/p+1/b11-9-,17-15-,23-21-,35-27-,42-40-. The number of unbranched alkanes of at least 4 members (excludes halogenated alkanes) is 32. The van der Waals surface area contributed by atoms with Gasteiger partial charge in [-0.05, 0) is 57.8 Å². The Bertz CT molecular complexity index is 1400. The Hall–Kier alpha value is -3.01. The SMILES string of the molecule is CC/C=C\C/C=C\C/C=C\C/C=C\C/C=C\CCCCCCCC(=O)OC(COC(=O)CCCCCCCCCCCCCCCCCCCCCCCCCCCCCC)COC(OCC[N+](C)(C)C)C(=O)O. The normalized spacial score (nSPS) is 13.1. The van der Waals surface area contributed by atoms with Crippen LogP contribution in [0.2, 0.25) is 0 Å². The molecular weight excluding hydrogens is 923 g/mol. The average molecular weight is 1040 g/mol. The molecule has 9 nitrogen and oxygen atoms in total. The largest absolute Gasteiger partial charge is 0.477 e. The number of hydrogen-bond acceptors (Lipinski definition) is 7. The van der Waals surface area contributed by atoms with Crippen molar-refractivity contribution >= 4 is 17.9 Å². The van der Waals surface area contributed by atoms with Crippen LogP contribution in [0.1, 0.15) is 277 Å². The minimum absolute atomic E-state index is 0.182. The number of allylic oxidation sites excluding steroid dienone is 10. The monoisotopic (exact) mass is 1040 g/mol. The number of hydrogen-bond donors (Lipinski definition) is 1. The highest BCUT2D eigenvalue weighted by Gasteiger charge is 2.25. The second-order valence-corrected chi connectivity index (χ2v) is 22.0. The fourth-order valence-corrected chi connectivity index (χ4v) is 8.81. The number of likely N-dealkylation sites (N-methyl/N-ethyl adjacent to an activating group) is 1. The second-order valence-electron chi connectivity index (χ2n) is 22.0. The lowest BCUT2D eigenvalue weighted by atomic mass is 10.0. The van der Waals surface area contributed by atoms with Crippen molar-refractivity contribution < 1.29 is 42.9 Å². The summed E-state index contributed by atoms with van der Waals surface area (Å²) >= 11 is 0. The maximum absolute atomic E-state index is 12.9. The molecule has 0 amide bonds. The number of esters is 2. The number of quaternary nitrogens is 1. The molecule has 74 heavy (non-hydrogen) atoms. The molecular formula is C65H118NO8+. The number of aliphatic carboxylic acids is 1. The molecule has 0 saturated carbocycles. The molecule has 2 atom stereocenters. The summed E-state index contributed by atoms with van der Waals surface area (Å²) in [6.45, 7) is 4.77. The molecule has 0 spiro atoms. The van der Waals surface area contributed by atoms with Crippen molar-refractivity contribution in [3.63, 3.8) is 0 Å². The van der Waals surface area contributed by atoms with Gasteiger partial charge in [0.25, 0.3) is 6.29 Å². The highest BCUT2D eigenvalue weighted by atomic mass is 16.7. The quantitative estimate of drug-likeness (QED) is 0.0211. The lowest BCUT2D eigenvalue weighted by molar-refractivity contribution is -0.870. The van der Waals surface area contributed by atoms with Gasteiger partial charge in [0, 0.05) is 12.8 Å². The first kappa shape index (κ1) is 71.0. The summed E-state index contributed by atoms with van der Waals surface area (Å²) in [6, 6.07) is 0. The number of nitrogens with zero attached hydrogens (tertiary/aromatic N) is 1. The molecule has 0 aromatic carbocycles. The summed E-state index contributed by atoms with van der Waals surface area (Å²) in [5.74, 6) is -2.02. The van der Waals surface area contributed by atoms with Crippen molar-refractivity contribution in [3.05, 3.63) is 60.8 Å². The van der Waals surface area contributed by atoms with E-state index < -0.39 is 24.3 Å². The molecule has 0 rings (SSSR count). The molecule has 0 bridgehead atoms. The van der Waals surface area contributed by atoms with Gasteiger partial charge in [-0.15, -0.1) is 0 Å². The number of carbonyl (C=O) groups excluding carboxylic acids is 2. The third-order valence-electron chi connectivity index (χ3n) is 13.5. The first-order chi connectivity index (χ1) is 36.1. The fraction of sp³-hybridized carbons (Fsp3) is 0.800. The van der Waals surface area contributed by atoms with E-state index in [0.717, 1.165) is 83.5 Å². The van der Waals surface area contributed by atoms with Crippen LogP contribution < -0.4 is 0 Å². The summed E-state index contributed by atoms with van der Waals surface area (Å²) in [6.07, 6.45) is 68.9. The third kappa shape index (κ3) is 56.7. The number of rotatable bonds is 57. The number of ether oxygens (including phenoxy) is 4. The van der Waals surface area contributed by atoms with E-state index >= 15 is 0 Å². The van der Waals surface area contributed by atoms with Gasteiger partial charge in [-0.1, -0.05) is 267 Å². The van der Waals surface area contributed by atoms with Gasteiger partial charge in [0.1, 0.15) is 13.2 Å². The molecule has 9 heteroatoms. The third-order valence-corrected chi connectivity index (χ3v) is 13.5. The van der Waals surface area contributed by atoms with E-state index in [2.05, 4.69) is 74.6 Å². The van der Waals surface area contributed by atoms with E-state index in [0.29, 0.717) is 23.9 Å². The minimum atomic E-state index is -1.52. The van der Waals surface area contributed by atoms with Gasteiger partial charge in [0.05, 0.1) is 34.4 Å². The highest BCUT2D eigenvalue weighted by molar-refractivity contribution is 5.71. The number of carboxylic acids is 1. The van der Waals surface area contributed by atoms with E-state index in [-0.39, 0.29) is 32.2 Å². The van der Waals surface area contributed by atoms with Crippen LogP contribution in [0, 0.1) is 0 Å². The van der Waals surface area contributed by atoms with E-state index in [9.17, 15) is 19.5 Å². The highest BCUT2D eigenvalue weighted by Crippen LogP contribution is 2.17. The predicted molar refractivity (Wildman–Crippen MR) is 313 cm³/mol. The Morgan fingerprint density at radius 1 is 0.419 bits per heavy atom. The number of carbonyl (C=O) groups is 3. The molecule has 0 aromatic heterocycles. The minimum Gasteiger partial charge on any atom is -0.477 e. The van der Waals surface area contributed by atoms with Crippen LogP contribution in [0.15, 0.2) is 60.8 Å². The zero-order valence-corrected chi connectivity index (χ0v) is 49.0. The molecule has 2 unspecified atom stereocenters. The fourth-order valence-electron chi connectivity index (χ4n) is 8.81. The van der Waals surface area contributed by atoms with Gasteiger partial charge in [-0.2, -0.15) is 0 Å². The molecule has 0 aromatic rings. The Balaban J connectivity index is 4.18. The summed E-state index contributed by atoms with van der Waals surface area (Å²) in [5, 5.41) is 9.71. The molecule has 430 valence electrons. The Morgan fingerprint density at radius 2 is 0.770 bits per heavy atom. The topological polar surface area (TPSA) is 108 Å². The van der Waals surface area contributed by atoms with Gasteiger partial charge in [0.15, 0.2) is 6.10 Å². The molecule has 0 aliphatic heterocycles. The summed E-state index contributed by atoms with van der Waals surface area (Å²) < 4.78 is 22.9. The second kappa shape index (κ2) is 56.2. The van der Waals surface area contributed by atoms with Gasteiger partial charge in [-0.25, -0.2) is 4.79 Å². The van der Waals surface area contributed by atoms with Gasteiger partial charge < -0.3 is 28.5 Å². The van der Waals surface area contributed by atoms with Crippen molar-refractivity contribution in [2.75, 3.05) is 47.5 Å². The van der Waals surface area contributed by atoms with E-state index in [1.807, 2.05) is 21.1 Å². The lowest BCUT2D eigenvalue weighted by Gasteiger charge is -2.25. The predicted octanol–water partition coefficient (Wildman–Crippen LogP) is 18.4. The van der Waals surface area contributed by atoms with Crippen LogP contribution in [0.3, 0.4) is 0 Å². The molecule has 0 heterocycles. The van der Waals surface area contributed by atoms with Crippen LogP contribution >= 0.6 is 0 Å². The summed E-state index contributed by atoms with van der Waals surface area (Å²) in [5.41, 5.74) is 0. The van der Waals surface area contributed by atoms with Crippen LogP contribution in [0.4, 0.5) is 0 Å². The van der Waals surface area contributed by atoms with E-state index in [4.69, 9.17) is 18.9 Å². The maximum Gasteiger partial charge on any atom is 0.361 e. The Morgan fingerprint density at radius 3 is 1.15 bits per heavy atom. The van der Waals surface area contributed by atoms with Gasteiger partial charge >= 0.3 is 17.9 Å². The first-order valence-corrected chi connectivity index (χ1v) is 31.0. The van der Waals surface area contributed by atoms with Crippen LogP contribution in [0.5, 0.6) is 0 Å². The smallest absolute Gasteiger partial charge is 0.361 e. The van der Waals surface area contributed by atoms with Crippen molar-refractivity contribution in [2.45, 2.75) is 289 Å². The van der Waals surface area contributed by atoms with E-state index in [1.54, 1.807) is 0 Å². The zero-order valence-electron chi connectivity index (χ0n) is 49.0. The first-order valence-electron chi connectivity index (χ1n) is 31.0. The van der Waals surface area contributed by atoms with Crippen LogP contribution in [-0.4, -0.2) is 87.4 Å². The molecule has 0 fully saturated rings. The van der Waals surface area contributed by atoms with Crippen molar-refractivity contribution in [3.8, 4) is 0 Å². The molecule has 0 aliphatic rings. The van der Waals surface area contributed by atoms with E-state index in [1.165, 1.54) is 161 Å². The Labute approximate surface area is 456 Å². The van der Waals surface area contributed by atoms with Crippen molar-refractivity contribution in [2.24, 2.45) is 0 Å². The van der Waals surface area contributed by atoms with Crippen LogP contribution in [0.25, 0.3) is 0 Å². The average Bonchev–Trinajstić information content (AvgIpc) is 3.37. The summed E-state index contributed by atoms with van der Waals surface area (Å²) in [7, 11) is 5.97. The number of carboxylic acid groups (broad SMARTS) is 1. The molecule has 0 aliphatic carbocycles.